The Morgan fingerprint density at radius 3 is 2.73 bits per heavy atom. The molecular weight excluding hydrogens is 190 g/mol. The molecule has 0 aliphatic heterocycles. The third-order valence-electron chi connectivity index (χ3n) is 1.97. The molecule has 1 N–H and O–H groups in total. The van der Waals surface area contributed by atoms with Gasteiger partial charge >= 0.3 is 0 Å². The van der Waals surface area contributed by atoms with Crippen LogP contribution in [0, 0.1) is 12.3 Å². The third kappa shape index (κ3) is 3.22. The van der Waals surface area contributed by atoms with Gasteiger partial charge in [-0.15, -0.1) is 11.5 Å². The molecule has 0 amide bonds. The van der Waals surface area contributed by atoms with Gasteiger partial charge in [0, 0.05) is 6.54 Å². The van der Waals surface area contributed by atoms with E-state index in [1.807, 2.05) is 11.0 Å². The van der Waals surface area contributed by atoms with E-state index < -0.39 is 0 Å². The molecule has 0 saturated heterocycles. The van der Waals surface area contributed by atoms with Crippen molar-refractivity contribution in [3.05, 3.63) is 17.8 Å². The largest absolute Gasteiger partial charge is 0.390 e. The maximum Gasteiger partial charge on any atom is 0.152 e. The summed E-state index contributed by atoms with van der Waals surface area (Å²) in [5.74, 6) is 3.34. The summed E-state index contributed by atoms with van der Waals surface area (Å²) >= 11 is 0. The molecule has 4 nitrogen and oxygen atoms in total. The first kappa shape index (κ1) is 11.5. The van der Waals surface area contributed by atoms with Crippen molar-refractivity contribution < 1.29 is 5.11 Å². The Morgan fingerprint density at radius 2 is 2.27 bits per heavy atom. The summed E-state index contributed by atoms with van der Waals surface area (Å²) in [6.45, 7) is 3.38. The standard InChI is InChI=1S/C11H15N3O/c1-3-7-14(8-4-2)11-6-5-10(9-15)12-13-11/h1,5-6,15H,4,7-9H2,2H3. The van der Waals surface area contributed by atoms with Crippen molar-refractivity contribution in [3.63, 3.8) is 0 Å². The predicted molar refractivity (Wildman–Crippen MR) is 59.3 cm³/mol. The van der Waals surface area contributed by atoms with Crippen molar-refractivity contribution in [1.29, 1.82) is 0 Å². The summed E-state index contributed by atoms with van der Waals surface area (Å²) in [5, 5.41) is 16.7. The van der Waals surface area contributed by atoms with Crippen molar-refractivity contribution in [2.75, 3.05) is 18.0 Å². The fraction of sp³-hybridized carbons (Fsp3) is 0.455. The van der Waals surface area contributed by atoms with Gasteiger partial charge in [-0.3, -0.25) is 0 Å². The van der Waals surface area contributed by atoms with E-state index in [4.69, 9.17) is 11.5 Å². The van der Waals surface area contributed by atoms with E-state index in [1.54, 1.807) is 6.07 Å². The molecule has 0 aliphatic rings. The number of hydrogen-bond acceptors (Lipinski definition) is 4. The molecule has 1 aromatic rings. The normalized spacial score (nSPS) is 9.67. The minimum atomic E-state index is -0.0871. The molecule has 0 unspecified atom stereocenters. The highest BCUT2D eigenvalue weighted by Gasteiger charge is 2.05. The molecule has 1 rings (SSSR count). The Morgan fingerprint density at radius 1 is 1.47 bits per heavy atom. The topological polar surface area (TPSA) is 49.2 Å². The van der Waals surface area contributed by atoms with Gasteiger partial charge in [0.05, 0.1) is 18.8 Å². The summed E-state index contributed by atoms with van der Waals surface area (Å²) in [6.07, 6.45) is 6.28. The van der Waals surface area contributed by atoms with Crippen LogP contribution >= 0.6 is 0 Å². The minimum Gasteiger partial charge on any atom is -0.390 e. The molecule has 1 aromatic heterocycles. The SMILES string of the molecule is C#CCN(CCC)c1ccc(CO)nn1. The summed E-state index contributed by atoms with van der Waals surface area (Å²) in [6, 6.07) is 3.58. The van der Waals surface area contributed by atoms with Crippen LogP contribution < -0.4 is 4.90 Å². The Bertz CT molecular complexity index is 329. The fourth-order valence-corrected chi connectivity index (χ4v) is 1.26. The van der Waals surface area contributed by atoms with Gasteiger partial charge in [0.25, 0.3) is 0 Å². The molecule has 0 atom stereocenters. The zero-order chi connectivity index (χ0) is 11.1. The van der Waals surface area contributed by atoms with Gasteiger partial charge in [0.15, 0.2) is 5.82 Å². The summed E-state index contributed by atoms with van der Waals surface area (Å²) in [7, 11) is 0. The van der Waals surface area contributed by atoms with Crippen LogP contribution in [0.1, 0.15) is 19.0 Å². The lowest BCUT2D eigenvalue weighted by Gasteiger charge is -2.19. The predicted octanol–water partition coefficient (Wildman–Crippen LogP) is 0.819. The highest BCUT2D eigenvalue weighted by Crippen LogP contribution is 2.09. The number of aliphatic hydroxyl groups excluding tert-OH is 1. The number of aromatic nitrogens is 2. The number of anilines is 1. The van der Waals surface area contributed by atoms with Gasteiger partial charge in [0.2, 0.25) is 0 Å². The van der Waals surface area contributed by atoms with Crippen LogP contribution in [0.3, 0.4) is 0 Å². The van der Waals surface area contributed by atoms with E-state index in [0.29, 0.717) is 12.2 Å². The van der Waals surface area contributed by atoms with Crippen LogP contribution in [0.15, 0.2) is 12.1 Å². The number of hydrogen-bond donors (Lipinski definition) is 1. The van der Waals surface area contributed by atoms with E-state index in [1.165, 1.54) is 0 Å². The number of aliphatic hydroxyl groups is 1. The first-order valence-electron chi connectivity index (χ1n) is 4.93. The van der Waals surface area contributed by atoms with Crippen LogP contribution in [0.4, 0.5) is 5.82 Å². The van der Waals surface area contributed by atoms with Gasteiger partial charge in [-0.25, -0.2) is 0 Å². The molecule has 0 bridgehead atoms. The molecule has 0 aliphatic carbocycles. The van der Waals surface area contributed by atoms with E-state index in [2.05, 4.69) is 23.0 Å². The average Bonchev–Trinajstić information content (AvgIpc) is 2.29. The van der Waals surface area contributed by atoms with E-state index in [-0.39, 0.29) is 6.61 Å². The summed E-state index contributed by atoms with van der Waals surface area (Å²) in [5.41, 5.74) is 0.566. The molecular formula is C11H15N3O. The minimum absolute atomic E-state index is 0.0871. The van der Waals surface area contributed by atoms with Crippen molar-refractivity contribution in [2.45, 2.75) is 20.0 Å². The second-order valence-electron chi connectivity index (χ2n) is 3.17. The van der Waals surface area contributed by atoms with E-state index in [0.717, 1.165) is 18.8 Å². The highest BCUT2D eigenvalue weighted by molar-refractivity contribution is 5.38. The second-order valence-corrected chi connectivity index (χ2v) is 3.17. The lowest BCUT2D eigenvalue weighted by molar-refractivity contribution is 0.275. The lowest BCUT2D eigenvalue weighted by atomic mass is 10.3. The monoisotopic (exact) mass is 205 g/mol. The Labute approximate surface area is 89.9 Å². The molecule has 15 heavy (non-hydrogen) atoms. The van der Waals surface area contributed by atoms with Gasteiger partial charge < -0.3 is 10.0 Å². The van der Waals surface area contributed by atoms with Crippen LogP contribution in [-0.2, 0) is 6.61 Å². The van der Waals surface area contributed by atoms with Crippen molar-refractivity contribution >= 4 is 5.82 Å². The molecule has 0 aromatic carbocycles. The number of terminal acetylenes is 1. The van der Waals surface area contributed by atoms with E-state index >= 15 is 0 Å². The molecule has 1 heterocycles. The van der Waals surface area contributed by atoms with Crippen LogP contribution in [-0.4, -0.2) is 28.4 Å². The molecule has 0 spiro atoms. The van der Waals surface area contributed by atoms with Crippen LogP contribution in [0.5, 0.6) is 0 Å². The smallest absolute Gasteiger partial charge is 0.152 e. The zero-order valence-corrected chi connectivity index (χ0v) is 8.85. The zero-order valence-electron chi connectivity index (χ0n) is 8.85. The maximum absolute atomic E-state index is 8.83. The Kier molecular flexibility index (Phi) is 4.58. The molecule has 0 saturated carbocycles. The van der Waals surface area contributed by atoms with Gasteiger partial charge in [0.1, 0.15) is 0 Å². The summed E-state index contributed by atoms with van der Waals surface area (Å²) < 4.78 is 0. The average molecular weight is 205 g/mol. The maximum atomic E-state index is 8.83. The van der Waals surface area contributed by atoms with Crippen LogP contribution in [0.2, 0.25) is 0 Å². The molecule has 80 valence electrons. The van der Waals surface area contributed by atoms with Gasteiger partial charge in [-0.2, -0.15) is 5.10 Å². The fourth-order valence-electron chi connectivity index (χ4n) is 1.26. The number of nitrogens with zero attached hydrogens (tertiary/aromatic N) is 3. The second kappa shape index (κ2) is 5.99. The van der Waals surface area contributed by atoms with Gasteiger partial charge in [-0.05, 0) is 18.6 Å². The van der Waals surface area contributed by atoms with Gasteiger partial charge in [-0.1, -0.05) is 12.8 Å². The van der Waals surface area contributed by atoms with Crippen molar-refractivity contribution in [1.82, 2.24) is 10.2 Å². The first-order valence-corrected chi connectivity index (χ1v) is 4.93. The number of rotatable bonds is 5. The quantitative estimate of drug-likeness (QED) is 0.723. The first-order chi connectivity index (χ1) is 7.31. The molecule has 4 heteroatoms. The highest BCUT2D eigenvalue weighted by atomic mass is 16.3. The Hall–Kier alpha value is -1.60. The third-order valence-corrected chi connectivity index (χ3v) is 1.97. The molecule has 0 radical (unpaired) electrons. The van der Waals surface area contributed by atoms with Crippen molar-refractivity contribution in [2.24, 2.45) is 0 Å². The van der Waals surface area contributed by atoms with Crippen molar-refractivity contribution in [3.8, 4) is 12.3 Å². The van der Waals surface area contributed by atoms with Crippen LogP contribution in [0.25, 0.3) is 0 Å². The Balaban J connectivity index is 2.77. The molecule has 0 fully saturated rings. The lowest BCUT2D eigenvalue weighted by Crippen LogP contribution is -2.25. The summed E-state index contributed by atoms with van der Waals surface area (Å²) in [4.78, 5) is 1.98. The van der Waals surface area contributed by atoms with E-state index in [9.17, 15) is 0 Å².